The molecule has 2 fully saturated rings. The standard InChI is InChI=1S/C23H31N3/c1-3-8-21(9-4-1)18-24-14-16-25(17-15-24)19-22-10-7-13-26(20-22)23-11-5-2-6-12-23/h1-6,8-9,11-12,22H,7,10,13-20H2. The minimum Gasteiger partial charge on any atom is -0.371 e. The van der Waals surface area contributed by atoms with Crippen LogP contribution in [0.4, 0.5) is 5.69 Å². The van der Waals surface area contributed by atoms with Crippen LogP contribution in [0.25, 0.3) is 0 Å². The van der Waals surface area contributed by atoms with Crippen molar-refractivity contribution in [1.29, 1.82) is 0 Å². The Hall–Kier alpha value is -1.84. The molecule has 1 atom stereocenters. The van der Waals surface area contributed by atoms with Crippen molar-refractivity contribution < 1.29 is 0 Å². The smallest absolute Gasteiger partial charge is 0.0366 e. The van der Waals surface area contributed by atoms with Gasteiger partial charge in [0, 0.05) is 58.0 Å². The van der Waals surface area contributed by atoms with Crippen LogP contribution in [0.15, 0.2) is 60.7 Å². The first-order valence-corrected chi connectivity index (χ1v) is 10.2. The second-order valence-corrected chi connectivity index (χ2v) is 7.85. The summed E-state index contributed by atoms with van der Waals surface area (Å²) in [5.41, 5.74) is 2.83. The fourth-order valence-electron chi connectivity index (χ4n) is 4.42. The number of rotatable bonds is 5. The first-order valence-electron chi connectivity index (χ1n) is 10.2. The minimum absolute atomic E-state index is 0.810. The average Bonchev–Trinajstić information content (AvgIpc) is 2.71. The van der Waals surface area contributed by atoms with E-state index >= 15 is 0 Å². The van der Waals surface area contributed by atoms with Crippen molar-refractivity contribution in [1.82, 2.24) is 9.80 Å². The lowest BCUT2D eigenvalue weighted by Crippen LogP contribution is -2.49. The summed E-state index contributed by atoms with van der Waals surface area (Å²) in [6.45, 7) is 9.62. The molecule has 3 heteroatoms. The normalized spacial score (nSPS) is 22.5. The van der Waals surface area contributed by atoms with Gasteiger partial charge < -0.3 is 9.80 Å². The van der Waals surface area contributed by atoms with Gasteiger partial charge in [-0.05, 0) is 36.5 Å². The first kappa shape index (κ1) is 17.6. The first-order chi connectivity index (χ1) is 12.9. The molecule has 2 aromatic rings. The summed E-state index contributed by atoms with van der Waals surface area (Å²) in [5, 5.41) is 0. The maximum atomic E-state index is 2.70. The van der Waals surface area contributed by atoms with Gasteiger partial charge in [-0.15, -0.1) is 0 Å². The average molecular weight is 350 g/mol. The lowest BCUT2D eigenvalue weighted by Gasteiger charge is -2.40. The Balaban J connectivity index is 1.24. The third-order valence-corrected chi connectivity index (χ3v) is 5.87. The van der Waals surface area contributed by atoms with Crippen LogP contribution in [-0.4, -0.2) is 55.6 Å². The van der Waals surface area contributed by atoms with Crippen LogP contribution in [0.5, 0.6) is 0 Å². The van der Waals surface area contributed by atoms with E-state index in [0.29, 0.717) is 0 Å². The molecule has 0 bridgehead atoms. The molecule has 0 N–H and O–H groups in total. The Labute approximate surface area is 158 Å². The fourth-order valence-corrected chi connectivity index (χ4v) is 4.42. The molecule has 26 heavy (non-hydrogen) atoms. The van der Waals surface area contributed by atoms with Crippen LogP contribution in [0.2, 0.25) is 0 Å². The number of hydrogen-bond acceptors (Lipinski definition) is 3. The van der Waals surface area contributed by atoms with Crippen molar-refractivity contribution >= 4 is 5.69 Å². The van der Waals surface area contributed by atoms with Gasteiger partial charge in [0.05, 0.1) is 0 Å². The van der Waals surface area contributed by atoms with E-state index in [2.05, 4.69) is 75.4 Å². The molecule has 0 saturated carbocycles. The molecule has 3 nitrogen and oxygen atoms in total. The van der Waals surface area contributed by atoms with Crippen LogP contribution in [0.1, 0.15) is 18.4 Å². The molecule has 0 aliphatic carbocycles. The van der Waals surface area contributed by atoms with E-state index in [-0.39, 0.29) is 0 Å². The summed E-state index contributed by atoms with van der Waals surface area (Å²) in [7, 11) is 0. The fraction of sp³-hybridized carbons (Fsp3) is 0.478. The molecule has 2 aromatic carbocycles. The molecule has 0 amide bonds. The third kappa shape index (κ3) is 4.66. The molecule has 4 rings (SSSR count). The summed E-state index contributed by atoms with van der Waals surface area (Å²) >= 11 is 0. The number of anilines is 1. The molecule has 2 aliphatic heterocycles. The third-order valence-electron chi connectivity index (χ3n) is 5.87. The van der Waals surface area contributed by atoms with Crippen LogP contribution >= 0.6 is 0 Å². The molecule has 138 valence electrons. The second-order valence-electron chi connectivity index (χ2n) is 7.85. The van der Waals surface area contributed by atoms with E-state index in [1.807, 2.05) is 0 Å². The lowest BCUT2D eigenvalue weighted by molar-refractivity contribution is 0.110. The van der Waals surface area contributed by atoms with Crippen molar-refractivity contribution in [2.45, 2.75) is 19.4 Å². The Bertz CT molecular complexity index is 650. The van der Waals surface area contributed by atoms with Gasteiger partial charge in [-0.2, -0.15) is 0 Å². The molecule has 2 aliphatic rings. The highest BCUT2D eigenvalue weighted by Gasteiger charge is 2.24. The van der Waals surface area contributed by atoms with E-state index < -0.39 is 0 Å². The summed E-state index contributed by atoms with van der Waals surface area (Å²) < 4.78 is 0. The zero-order valence-corrected chi connectivity index (χ0v) is 15.8. The van der Waals surface area contributed by atoms with Gasteiger partial charge in [-0.1, -0.05) is 48.5 Å². The second kappa shape index (κ2) is 8.70. The van der Waals surface area contributed by atoms with E-state index in [9.17, 15) is 0 Å². The minimum atomic E-state index is 0.810. The number of para-hydroxylation sites is 1. The van der Waals surface area contributed by atoms with Crippen molar-refractivity contribution in [3.05, 3.63) is 66.2 Å². The number of hydrogen-bond donors (Lipinski definition) is 0. The van der Waals surface area contributed by atoms with Crippen molar-refractivity contribution in [2.24, 2.45) is 5.92 Å². The molecular formula is C23H31N3. The monoisotopic (exact) mass is 349 g/mol. The van der Waals surface area contributed by atoms with E-state index in [0.717, 1.165) is 12.5 Å². The van der Waals surface area contributed by atoms with Gasteiger partial charge in [-0.3, -0.25) is 4.90 Å². The highest BCUT2D eigenvalue weighted by molar-refractivity contribution is 5.46. The topological polar surface area (TPSA) is 9.72 Å². The summed E-state index contributed by atoms with van der Waals surface area (Å²) in [4.78, 5) is 7.88. The van der Waals surface area contributed by atoms with Crippen LogP contribution < -0.4 is 4.90 Å². The van der Waals surface area contributed by atoms with Crippen molar-refractivity contribution in [3.8, 4) is 0 Å². The van der Waals surface area contributed by atoms with E-state index in [1.165, 1.54) is 69.9 Å². The van der Waals surface area contributed by atoms with Crippen molar-refractivity contribution in [3.63, 3.8) is 0 Å². The zero-order valence-electron chi connectivity index (χ0n) is 15.8. The van der Waals surface area contributed by atoms with Crippen LogP contribution in [0, 0.1) is 5.92 Å². The Kier molecular flexibility index (Phi) is 5.88. The van der Waals surface area contributed by atoms with Gasteiger partial charge in [0.1, 0.15) is 0 Å². The summed E-state index contributed by atoms with van der Waals surface area (Å²) in [5.74, 6) is 0.810. The maximum absolute atomic E-state index is 2.70. The maximum Gasteiger partial charge on any atom is 0.0366 e. The Morgan fingerprint density at radius 3 is 2.12 bits per heavy atom. The molecular weight excluding hydrogens is 318 g/mol. The highest BCUT2D eigenvalue weighted by Crippen LogP contribution is 2.24. The number of piperidine rings is 1. The van der Waals surface area contributed by atoms with Crippen LogP contribution in [-0.2, 0) is 6.54 Å². The summed E-state index contributed by atoms with van der Waals surface area (Å²) in [6.07, 6.45) is 2.71. The lowest BCUT2D eigenvalue weighted by atomic mass is 9.96. The molecule has 0 spiro atoms. The van der Waals surface area contributed by atoms with Gasteiger partial charge >= 0.3 is 0 Å². The van der Waals surface area contributed by atoms with E-state index in [4.69, 9.17) is 0 Å². The SMILES string of the molecule is c1ccc(CN2CCN(CC3CCCN(c4ccccc4)C3)CC2)cc1. The van der Waals surface area contributed by atoms with Gasteiger partial charge in [-0.25, -0.2) is 0 Å². The molecule has 2 saturated heterocycles. The number of benzene rings is 2. The van der Waals surface area contributed by atoms with Crippen LogP contribution in [0.3, 0.4) is 0 Å². The molecule has 1 unspecified atom stereocenters. The molecule has 0 aromatic heterocycles. The number of piperazine rings is 1. The zero-order chi connectivity index (χ0) is 17.6. The predicted octanol–water partition coefficient (Wildman–Crippen LogP) is 3.72. The molecule has 0 radical (unpaired) electrons. The highest BCUT2D eigenvalue weighted by atomic mass is 15.3. The Morgan fingerprint density at radius 1 is 0.731 bits per heavy atom. The predicted molar refractivity (Wildman–Crippen MR) is 110 cm³/mol. The van der Waals surface area contributed by atoms with Crippen molar-refractivity contribution in [2.75, 3.05) is 50.7 Å². The largest absolute Gasteiger partial charge is 0.371 e. The van der Waals surface area contributed by atoms with Gasteiger partial charge in [0.15, 0.2) is 0 Å². The van der Waals surface area contributed by atoms with E-state index in [1.54, 1.807) is 0 Å². The Morgan fingerprint density at radius 2 is 1.38 bits per heavy atom. The molecule has 2 heterocycles. The summed E-state index contributed by atoms with van der Waals surface area (Å²) in [6, 6.07) is 21.8. The van der Waals surface area contributed by atoms with Gasteiger partial charge in [0.2, 0.25) is 0 Å². The quantitative estimate of drug-likeness (QED) is 0.814. The number of nitrogens with zero attached hydrogens (tertiary/aromatic N) is 3. The van der Waals surface area contributed by atoms with Gasteiger partial charge in [0.25, 0.3) is 0 Å².